The molecule has 4 aromatic rings. The van der Waals surface area contributed by atoms with E-state index in [9.17, 15) is 14.9 Å². The van der Waals surface area contributed by atoms with Gasteiger partial charge in [-0.2, -0.15) is 4.98 Å². The Hall–Kier alpha value is -4.47. The van der Waals surface area contributed by atoms with Gasteiger partial charge in [0.05, 0.1) is 22.6 Å². The molecule has 3 heterocycles. The van der Waals surface area contributed by atoms with Crippen LogP contribution in [-0.4, -0.2) is 45.1 Å². The maximum Gasteiger partial charge on any atom is 0.373 e. The van der Waals surface area contributed by atoms with Crippen molar-refractivity contribution in [2.45, 2.75) is 33.1 Å². The molecule has 1 fully saturated rings. The van der Waals surface area contributed by atoms with Crippen LogP contribution in [0.25, 0.3) is 16.6 Å². The second kappa shape index (κ2) is 10.3. The third-order valence-electron chi connectivity index (χ3n) is 6.49. The number of nitrogens with zero attached hydrogens (tertiary/aromatic N) is 5. The molecule has 5 rings (SSSR count). The molecule has 0 N–H and O–H groups in total. The van der Waals surface area contributed by atoms with E-state index in [0.29, 0.717) is 29.8 Å². The van der Waals surface area contributed by atoms with Gasteiger partial charge in [-0.1, -0.05) is 18.2 Å². The summed E-state index contributed by atoms with van der Waals surface area (Å²) in [6.45, 7) is 5.24. The number of hydrogen-bond donors (Lipinski definition) is 0. The molecule has 0 unspecified atom stereocenters. The van der Waals surface area contributed by atoms with Crippen molar-refractivity contribution in [3.8, 4) is 17.3 Å². The highest BCUT2D eigenvalue weighted by atomic mass is 16.6. The molecule has 0 saturated carbocycles. The Labute approximate surface area is 213 Å². The largest absolute Gasteiger partial charge is 0.462 e. The van der Waals surface area contributed by atoms with E-state index in [1.54, 1.807) is 19.1 Å². The number of carbonyl (C=O) groups is 1. The maximum absolute atomic E-state index is 13.0. The summed E-state index contributed by atoms with van der Waals surface area (Å²) in [7, 11) is 0. The molecule has 0 atom stereocenters. The van der Waals surface area contributed by atoms with Crippen LogP contribution in [-0.2, 0) is 4.74 Å². The smallest absolute Gasteiger partial charge is 0.373 e. The number of nitro groups is 1. The van der Waals surface area contributed by atoms with Crippen LogP contribution < -0.4 is 9.64 Å². The first kappa shape index (κ1) is 24.2. The van der Waals surface area contributed by atoms with Gasteiger partial charge in [0.15, 0.2) is 0 Å². The van der Waals surface area contributed by atoms with Gasteiger partial charge in [-0.3, -0.25) is 10.1 Å². The zero-order valence-corrected chi connectivity index (χ0v) is 20.7. The van der Waals surface area contributed by atoms with Crippen molar-refractivity contribution in [2.24, 2.45) is 0 Å². The van der Waals surface area contributed by atoms with Gasteiger partial charge in [-0.15, -0.1) is 0 Å². The van der Waals surface area contributed by atoms with Crippen molar-refractivity contribution >= 4 is 28.4 Å². The summed E-state index contributed by atoms with van der Waals surface area (Å²) in [5, 5.41) is 12.7. The zero-order chi connectivity index (χ0) is 25.9. The van der Waals surface area contributed by atoms with Crippen LogP contribution in [0.3, 0.4) is 0 Å². The van der Waals surface area contributed by atoms with Crippen molar-refractivity contribution in [3.63, 3.8) is 0 Å². The fraction of sp³-hybridized carbons (Fsp3) is 0.296. The summed E-state index contributed by atoms with van der Waals surface area (Å²) >= 11 is 0. The molecule has 10 nitrogen and oxygen atoms in total. The highest BCUT2D eigenvalue weighted by Gasteiger charge is 2.30. The number of aromatic nitrogens is 3. The molecule has 1 saturated heterocycles. The quantitative estimate of drug-likeness (QED) is 0.183. The fourth-order valence-corrected chi connectivity index (χ4v) is 4.87. The van der Waals surface area contributed by atoms with Gasteiger partial charge in [0.2, 0.25) is 5.82 Å². The Kier molecular flexibility index (Phi) is 6.72. The van der Waals surface area contributed by atoms with Gasteiger partial charge in [0, 0.05) is 29.9 Å². The van der Waals surface area contributed by atoms with E-state index < -0.39 is 10.9 Å². The number of piperidine rings is 1. The van der Waals surface area contributed by atoms with Crippen molar-refractivity contribution in [3.05, 3.63) is 76.2 Å². The first-order valence-electron chi connectivity index (χ1n) is 12.3. The topological polar surface area (TPSA) is 113 Å². The van der Waals surface area contributed by atoms with E-state index in [2.05, 4.69) is 9.97 Å². The van der Waals surface area contributed by atoms with Crippen LogP contribution in [0.1, 0.15) is 42.2 Å². The lowest BCUT2D eigenvalue weighted by Gasteiger charge is -2.27. The fourth-order valence-electron chi connectivity index (χ4n) is 4.87. The Morgan fingerprint density at radius 3 is 2.54 bits per heavy atom. The van der Waals surface area contributed by atoms with Crippen LogP contribution in [0, 0.1) is 17.0 Å². The molecule has 0 aliphatic carbocycles. The van der Waals surface area contributed by atoms with Gasteiger partial charge in [-0.25, -0.2) is 9.78 Å². The van der Waals surface area contributed by atoms with E-state index in [4.69, 9.17) is 9.47 Å². The molecule has 190 valence electrons. The van der Waals surface area contributed by atoms with Crippen LogP contribution in [0.4, 0.5) is 11.5 Å². The van der Waals surface area contributed by atoms with E-state index in [-0.39, 0.29) is 24.0 Å². The molecule has 0 radical (unpaired) electrons. The number of anilines is 1. The molecule has 1 aliphatic rings. The Bertz CT molecular complexity index is 1460. The average Bonchev–Trinajstić information content (AvgIpc) is 3.20. The van der Waals surface area contributed by atoms with E-state index in [1.807, 2.05) is 52.8 Å². The minimum atomic E-state index is -0.502. The number of carbonyl (C=O) groups excluding carboxylic acids is 1. The lowest BCUT2D eigenvalue weighted by molar-refractivity contribution is -0.385. The third kappa shape index (κ3) is 4.57. The first-order chi connectivity index (χ1) is 18.0. The summed E-state index contributed by atoms with van der Waals surface area (Å²) in [6, 6.07) is 14.9. The first-order valence-corrected chi connectivity index (χ1v) is 12.3. The van der Waals surface area contributed by atoms with Crippen molar-refractivity contribution in [1.29, 1.82) is 0 Å². The van der Waals surface area contributed by atoms with Crippen LogP contribution >= 0.6 is 0 Å². The monoisotopic (exact) mass is 501 g/mol. The van der Waals surface area contributed by atoms with Crippen molar-refractivity contribution in [2.75, 3.05) is 24.6 Å². The molecule has 0 spiro atoms. The highest BCUT2D eigenvalue weighted by Crippen LogP contribution is 2.39. The SMILES string of the molecule is CCOC(=O)c1c(C)n(-c2ccccc2)c2ccc(Oc3ncnc(N4CCCCC4)c3[N+](=O)[O-])cc12. The molecular weight excluding hydrogens is 474 g/mol. The van der Waals surface area contributed by atoms with Gasteiger partial charge in [0.25, 0.3) is 0 Å². The Morgan fingerprint density at radius 2 is 1.84 bits per heavy atom. The number of fused-ring (bicyclic) bond motifs is 1. The number of hydrogen-bond acceptors (Lipinski definition) is 8. The van der Waals surface area contributed by atoms with Gasteiger partial charge >= 0.3 is 17.5 Å². The predicted molar refractivity (Wildman–Crippen MR) is 139 cm³/mol. The lowest BCUT2D eigenvalue weighted by Crippen LogP contribution is -2.30. The summed E-state index contributed by atoms with van der Waals surface area (Å²) < 4.78 is 13.3. The minimum absolute atomic E-state index is 0.142. The molecule has 0 bridgehead atoms. The van der Waals surface area contributed by atoms with Gasteiger partial charge in [-0.05, 0) is 63.4 Å². The molecule has 2 aromatic carbocycles. The molecule has 2 aromatic heterocycles. The molecule has 1 aliphatic heterocycles. The third-order valence-corrected chi connectivity index (χ3v) is 6.49. The highest BCUT2D eigenvalue weighted by molar-refractivity contribution is 6.07. The molecule has 0 amide bonds. The maximum atomic E-state index is 13.0. The molecular formula is C27H27N5O5. The summed E-state index contributed by atoms with van der Waals surface area (Å²) in [6.07, 6.45) is 4.26. The summed E-state index contributed by atoms with van der Waals surface area (Å²) in [5.41, 5.74) is 2.54. The van der Waals surface area contributed by atoms with Crippen LogP contribution in [0.2, 0.25) is 0 Å². The van der Waals surface area contributed by atoms with Gasteiger partial charge in [0.1, 0.15) is 12.1 Å². The minimum Gasteiger partial charge on any atom is -0.462 e. The lowest BCUT2D eigenvalue weighted by atomic mass is 10.1. The van der Waals surface area contributed by atoms with E-state index in [1.165, 1.54) is 6.33 Å². The van der Waals surface area contributed by atoms with E-state index in [0.717, 1.165) is 36.2 Å². The number of para-hydroxylation sites is 1. The number of esters is 1. The Balaban J connectivity index is 1.61. The number of rotatable bonds is 7. The van der Waals surface area contributed by atoms with Crippen molar-refractivity contribution in [1.82, 2.24) is 14.5 Å². The Morgan fingerprint density at radius 1 is 1.08 bits per heavy atom. The zero-order valence-electron chi connectivity index (χ0n) is 20.7. The summed E-state index contributed by atoms with van der Waals surface area (Å²) in [4.78, 5) is 34.7. The number of benzene rings is 2. The molecule has 37 heavy (non-hydrogen) atoms. The van der Waals surface area contributed by atoms with E-state index >= 15 is 0 Å². The predicted octanol–water partition coefficient (Wildman–Crippen LogP) is 5.60. The van der Waals surface area contributed by atoms with Crippen molar-refractivity contribution < 1.29 is 19.2 Å². The second-order valence-corrected chi connectivity index (χ2v) is 8.79. The van der Waals surface area contributed by atoms with Crippen LogP contribution in [0.5, 0.6) is 11.6 Å². The second-order valence-electron chi connectivity index (χ2n) is 8.79. The number of ether oxygens (including phenoxy) is 2. The standard InChI is InChI=1S/C27H27N5O5/c1-3-36-27(33)23-18(2)31(19-10-6-4-7-11-19)22-13-12-20(16-21(22)23)37-26-24(32(34)35)25(28-17-29-26)30-14-8-5-9-15-30/h4,6-7,10-13,16-17H,3,5,8-9,14-15H2,1-2H3. The molecule has 10 heteroatoms. The van der Waals surface area contributed by atoms with Crippen LogP contribution in [0.15, 0.2) is 54.9 Å². The normalized spacial score (nSPS) is 13.5. The summed E-state index contributed by atoms with van der Waals surface area (Å²) in [5.74, 6) is -0.0159. The van der Waals surface area contributed by atoms with Gasteiger partial charge < -0.3 is 18.9 Å². The average molecular weight is 502 g/mol.